The SMILES string of the molecule is CC(C)CC1NC(C(C)C)C(=O)N1C(C)C(C)(C)C. The van der Waals surface area contributed by atoms with Crippen LogP contribution in [0.15, 0.2) is 0 Å². The van der Waals surface area contributed by atoms with E-state index in [0.717, 1.165) is 6.42 Å². The minimum absolute atomic E-state index is 0.0199. The van der Waals surface area contributed by atoms with E-state index >= 15 is 0 Å². The molecular formula is C16H32N2O. The molecule has 19 heavy (non-hydrogen) atoms. The van der Waals surface area contributed by atoms with Crippen molar-refractivity contribution in [1.29, 1.82) is 0 Å². The molecule has 0 bridgehead atoms. The number of carbonyl (C=O) groups is 1. The molecule has 1 fully saturated rings. The largest absolute Gasteiger partial charge is 0.323 e. The molecule has 112 valence electrons. The van der Waals surface area contributed by atoms with Crippen molar-refractivity contribution in [2.24, 2.45) is 17.3 Å². The molecule has 0 spiro atoms. The molecule has 0 aromatic heterocycles. The van der Waals surface area contributed by atoms with E-state index in [0.29, 0.717) is 11.8 Å². The Kier molecular flexibility index (Phi) is 5.05. The highest BCUT2D eigenvalue weighted by molar-refractivity contribution is 5.85. The van der Waals surface area contributed by atoms with Crippen molar-refractivity contribution in [3.05, 3.63) is 0 Å². The minimum Gasteiger partial charge on any atom is -0.323 e. The first-order valence-corrected chi connectivity index (χ1v) is 7.64. The van der Waals surface area contributed by atoms with Gasteiger partial charge in [0.25, 0.3) is 0 Å². The van der Waals surface area contributed by atoms with Crippen LogP contribution in [0.5, 0.6) is 0 Å². The lowest BCUT2D eigenvalue weighted by Crippen LogP contribution is -2.49. The van der Waals surface area contributed by atoms with Crippen LogP contribution in [0.4, 0.5) is 0 Å². The fourth-order valence-electron chi connectivity index (χ4n) is 2.66. The van der Waals surface area contributed by atoms with E-state index in [1.54, 1.807) is 0 Å². The Morgan fingerprint density at radius 3 is 2.05 bits per heavy atom. The zero-order chi connectivity index (χ0) is 15.0. The van der Waals surface area contributed by atoms with Crippen LogP contribution in [0.1, 0.15) is 61.8 Å². The third-order valence-electron chi connectivity index (χ3n) is 4.26. The molecule has 3 heteroatoms. The van der Waals surface area contributed by atoms with Crippen molar-refractivity contribution in [3.63, 3.8) is 0 Å². The zero-order valence-electron chi connectivity index (χ0n) is 13.9. The van der Waals surface area contributed by atoms with Gasteiger partial charge in [-0.15, -0.1) is 0 Å². The Morgan fingerprint density at radius 1 is 1.16 bits per heavy atom. The highest BCUT2D eigenvalue weighted by Gasteiger charge is 2.44. The van der Waals surface area contributed by atoms with Crippen LogP contribution in [0.25, 0.3) is 0 Å². The van der Waals surface area contributed by atoms with Crippen LogP contribution in [0.2, 0.25) is 0 Å². The van der Waals surface area contributed by atoms with E-state index in [1.165, 1.54) is 0 Å². The highest BCUT2D eigenvalue weighted by atomic mass is 16.2. The smallest absolute Gasteiger partial charge is 0.241 e. The van der Waals surface area contributed by atoms with Gasteiger partial charge in [-0.2, -0.15) is 0 Å². The summed E-state index contributed by atoms with van der Waals surface area (Å²) < 4.78 is 0. The van der Waals surface area contributed by atoms with Crippen LogP contribution in [0.3, 0.4) is 0 Å². The molecule has 1 rings (SSSR count). The van der Waals surface area contributed by atoms with Gasteiger partial charge in [0.2, 0.25) is 5.91 Å². The molecule has 1 amide bonds. The maximum Gasteiger partial charge on any atom is 0.241 e. The molecule has 0 aromatic carbocycles. The minimum atomic E-state index is -0.0199. The normalized spacial score (nSPS) is 26.6. The molecule has 1 aliphatic rings. The summed E-state index contributed by atoms with van der Waals surface area (Å²) in [6.45, 7) is 17.5. The summed E-state index contributed by atoms with van der Waals surface area (Å²) in [5.41, 5.74) is 0.110. The zero-order valence-corrected chi connectivity index (χ0v) is 13.9. The number of hydrogen-bond acceptors (Lipinski definition) is 2. The molecule has 0 radical (unpaired) electrons. The molecule has 1 N–H and O–H groups in total. The van der Waals surface area contributed by atoms with Crippen LogP contribution in [-0.4, -0.2) is 29.1 Å². The number of nitrogens with zero attached hydrogens (tertiary/aromatic N) is 1. The average molecular weight is 268 g/mol. The number of carbonyl (C=O) groups excluding carboxylic acids is 1. The first-order valence-electron chi connectivity index (χ1n) is 7.64. The van der Waals surface area contributed by atoms with Crippen molar-refractivity contribution in [1.82, 2.24) is 10.2 Å². The van der Waals surface area contributed by atoms with Gasteiger partial charge in [-0.05, 0) is 30.6 Å². The van der Waals surface area contributed by atoms with Crippen molar-refractivity contribution in [3.8, 4) is 0 Å². The number of hydrogen-bond donors (Lipinski definition) is 1. The third-order valence-corrected chi connectivity index (χ3v) is 4.26. The Balaban J connectivity index is 2.98. The van der Waals surface area contributed by atoms with Gasteiger partial charge in [0.05, 0.1) is 12.2 Å². The van der Waals surface area contributed by atoms with Crippen molar-refractivity contribution < 1.29 is 4.79 Å². The summed E-state index contributed by atoms with van der Waals surface area (Å²) in [5.74, 6) is 1.22. The van der Waals surface area contributed by atoms with Gasteiger partial charge < -0.3 is 4.90 Å². The second-order valence-corrected chi connectivity index (χ2v) is 7.82. The van der Waals surface area contributed by atoms with Crippen LogP contribution >= 0.6 is 0 Å². The molecule has 3 atom stereocenters. The van der Waals surface area contributed by atoms with Crippen molar-refractivity contribution in [2.75, 3.05) is 0 Å². The Bertz CT molecular complexity index is 317. The van der Waals surface area contributed by atoms with Crippen LogP contribution < -0.4 is 5.32 Å². The lowest BCUT2D eigenvalue weighted by molar-refractivity contribution is -0.135. The quantitative estimate of drug-likeness (QED) is 0.849. The Labute approximate surface area is 119 Å². The molecule has 0 aromatic rings. The molecule has 1 aliphatic heterocycles. The molecule has 3 nitrogen and oxygen atoms in total. The predicted octanol–water partition coefficient (Wildman–Crippen LogP) is 3.25. The molecule has 1 saturated heterocycles. The van der Waals surface area contributed by atoms with Crippen LogP contribution in [0, 0.1) is 17.3 Å². The van der Waals surface area contributed by atoms with Gasteiger partial charge in [0.1, 0.15) is 0 Å². The standard InChI is InChI=1S/C16H32N2O/c1-10(2)9-13-17-14(11(3)4)15(19)18(13)12(5)16(6,7)8/h10-14,17H,9H2,1-8H3. The molecule has 0 aliphatic carbocycles. The fourth-order valence-corrected chi connectivity index (χ4v) is 2.66. The first kappa shape index (κ1) is 16.5. The van der Waals surface area contributed by atoms with Crippen LogP contribution in [-0.2, 0) is 4.79 Å². The number of amides is 1. The summed E-state index contributed by atoms with van der Waals surface area (Å²) in [6.07, 6.45) is 1.21. The third kappa shape index (κ3) is 3.71. The second kappa shape index (κ2) is 5.82. The Hall–Kier alpha value is -0.570. The Morgan fingerprint density at radius 2 is 1.68 bits per heavy atom. The summed E-state index contributed by atoms with van der Waals surface area (Å²) in [4.78, 5) is 14.8. The van der Waals surface area contributed by atoms with E-state index in [2.05, 4.69) is 65.6 Å². The van der Waals surface area contributed by atoms with E-state index in [1.807, 2.05) is 0 Å². The first-order chi connectivity index (χ1) is 8.55. The molecular weight excluding hydrogens is 236 g/mol. The van der Waals surface area contributed by atoms with E-state index < -0.39 is 0 Å². The number of rotatable bonds is 4. The number of nitrogens with one attached hydrogen (secondary N) is 1. The van der Waals surface area contributed by atoms with E-state index in [9.17, 15) is 4.79 Å². The maximum absolute atomic E-state index is 12.7. The second-order valence-electron chi connectivity index (χ2n) is 7.82. The molecule has 1 heterocycles. The fraction of sp³-hybridized carbons (Fsp3) is 0.938. The summed E-state index contributed by atoms with van der Waals surface area (Å²) in [6, 6.07) is 0.230. The van der Waals surface area contributed by atoms with Crippen molar-refractivity contribution >= 4 is 5.91 Å². The topological polar surface area (TPSA) is 32.3 Å². The summed E-state index contributed by atoms with van der Waals surface area (Å²) in [7, 11) is 0. The highest BCUT2D eigenvalue weighted by Crippen LogP contribution is 2.31. The van der Waals surface area contributed by atoms with Gasteiger partial charge in [-0.1, -0.05) is 48.5 Å². The predicted molar refractivity (Wildman–Crippen MR) is 80.8 cm³/mol. The molecule has 3 unspecified atom stereocenters. The van der Waals surface area contributed by atoms with Gasteiger partial charge in [-0.25, -0.2) is 0 Å². The average Bonchev–Trinajstić information content (AvgIpc) is 2.52. The monoisotopic (exact) mass is 268 g/mol. The maximum atomic E-state index is 12.7. The summed E-state index contributed by atoms with van der Waals surface area (Å²) in [5, 5.41) is 3.55. The lowest BCUT2D eigenvalue weighted by atomic mass is 9.86. The van der Waals surface area contributed by atoms with E-state index in [4.69, 9.17) is 0 Å². The molecule has 0 saturated carbocycles. The van der Waals surface area contributed by atoms with E-state index in [-0.39, 0.29) is 29.6 Å². The van der Waals surface area contributed by atoms with Crippen molar-refractivity contribution in [2.45, 2.75) is 80.1 Å². The summed E-state index contributed by atoms with van der Waals surface area (Å²) >= 11 is 0. The van der Waals surface area contributed by atoms with Gasteiger partial charge in [0.15, 0.2) is 0 Å². The van der Waals surface area contributed by atoms with Gasteiger partial charge >= 0.3 is 0 Å². The lowest BCUT2D eigenvalue weighted by Gasteiger charge is -2.39. The van der Waals surface area contributed by atoms with Gasteiger partial charge in [-0.3, -0.25) is 10.1 Å². The van der Waals surface area contributed by atoms with Gasteiger partial charge in [0, 0.05) is 6.04 Å².